The normalized spacial score (nSPS) is 18.2. The first kappa shape index (κ1) is 16.6. The minimum atomic E-state index is 0.543. The summed E-state index contributed by atoms with van der Waals surface area (Å²) in [5, 5.41) is 7.75. The summed E-state index contributed by atoms with van der Waals surface area (Å²) in [5.74, 6) is 1.56. The van der Waals surface area contributed by atoms with Gasteiger partial charge in [-0.15, -0.1) is 0 Å². The van der Waals surface area contributed by atoms with Crippen molar-refractivity contribution in [2.24, 2.45) is 12.0 Å². The van der Waals surface area contributed by atoms with E-state index in [9.17, 15) is 0 Å². The fourth-order valence-electron chi connectivity index (χ4n) is 3.28. The molecular weight excluding hydrogens is 298 g/mol. The Morgan fingerprint density at radius 2 is 2.29 bits per heavy atom. The van der Waals surface area contributed by atoms with Crippen molar-refractivity contribution in [1.82, 2.24) is 20.0 Å². The number of hydrogen-bond acceptors (Lipinski definition) is 2. The number of nitrogens with zero attached hydrogens (tertiary/aromatic N) is 4. The third-order valence-electron chi connectivity index (χ3n) is 4.51. The van der Waals surface area contributed by atoms with Gasteiger partial charge in [0.05, 0.1) is 12.7 Å². The smallest absolute Gasteiger partial charge is 0.194 e. The van der Waals surface area contributed by atoms with Crippen molar-refractivity contribution in [2.45, 2.75) is 32.7 Å². The Morgan fingerprint density at radius 3 is 3.00 bits per heavy atom. The number of aryl methyl sites for hydroxylation is 2. The zero-order valence-electron chi connectivity index (χ0n) is 14.9. The average molecular weight is 325 g/mol. The minimum Gasteiger partial charge on any atom is -0.357 e. The summed E-state index contributed by atoms with van der Waals surface area (Å²) in [6, 6.07) is 8.57. The molecule has 1 unspecified atom stereocenters. The highest BCUT2D eigenvalue weighted by Gasteiger charge is 2.26. The third-order valence-corrected chi connectivity index (χ3v) is 4.51. The number of aromatic nitrogens is 2. The molecule has 1 N–H and O–H groups in total. The second-order valence-electron chi connectivity index (χ2n) is 6.54. The second kappa shape index (κ2) is 7.51. The first-order valence-electron chi connectivity index (χ1n) is 8.73. The van der Waals surface area contributed by atoms with Crippen LogP contribution in [0.2, 0.25) is 0 Å². The number of guanidine groups is 1. The summed E-state index contributed by atoms with van der Waals surface area (Å²) in [6.45, 7) is 7.90. The summed E-state index contributed by atoms with van der Waals surface area (Å²) < 4.78 is 1.88. The van der Waals surface area contributed by atoms with E-state index in [1.54, 1.807) is 0 Å². The maximum atomic E-state index is 4.85. The van der Waals surface area contributed by atoms with Crippen LogP contribution in [-0.4, -0.2) is 40.3 Å². The van der Waals surface area contributed by atoms with Crippen LogP contribution in [0.1, 0.15) is 36.0 Å². The van der Waals surface area contributed by atoms with Gasteiger partial charge in [0, 0.05) is 38.8 Å². The molecule has 1 aliphatic rings. The Morgan fingerprint density at radius 1 is 1.42 bits per heavy atom. The van der Waals surface area contributed by atoms with Crippen LogP contribution in [0.3, 0.4) is 0 Å². The highest BCUT2D eigenvalue weighted by Crippen LogP contribution is 2.26. The van der Waals surface area contributed by atoms with Crippen LogP contribution >= 0.6 is 0 Å². The molecule has 5 nitrogen and oxygen atoms in total. The second-order valence-corrected chi connectivity index (χ2v) is 6.54. The zero-order valence-corrected chi connectivity index (χ0v) is 14.9. The lowest BCUT2D eigenvalue weighted by atomic mass is 10.0. The summed E-state index contributed by atoms with van der Waals surface area (Å²) >= 11 is 0. The van der Waals surface area contributed by atoms with Gasteiger partial charge in [0.1, 0.15) is 0 Å². The molecule has 0 radical (unpaired) electrons. The molecule has 2 aromatic rings. The van der Waals surface area contributed by atoms with E-state index >= 15 is 0 Å². The van der Waals surface area contributed by atoms with Crippen molar-refractivity contribution in [3.63, 3.8) is 0 Å². The fraction of sp³-hybridized carbons (Fsp3) is 0.474. The van der Waals surface area contributed by atoms with Gasteiger partial charge in [0.2, 0.25) is 0 Å². The number of aliphatic imine (C=N–C) groups is 1. The Labute approximate surface area is 144 Å². The molecule has 0 saturated carbocycles. The predicted octanol–water partition coefficient (Wildman–Crippen LogP) is 2.68. The molecule has 0 aliphatic carbocycles. The van der Waals surface area contributed by atoms with Gasteiger partial charge in [0.15, 0.2) is 5.96 Å². The first-order chi connectivity index (χ1) is 11.7. The molecule has 1 aromatic heterocycles. The monoisotopic (exact) mass is 325 g/mol. The molecule has 3 rings (SSSR count). The molecule has 128 valence electrons. The molecule has 1 atom stereocenters. The summed E-state index contributed by atoms with van der Waals surface area (Å²) in [4.78, 5) is 7.22. The van der Waals surface area contributed by atoms with Gasteiger partial charge in [-0.2, -0.15) is 5.10 Å². The quantitative estimate of drug-likeness (QED) is 0.694. The maximum absolute atomic E-state index is 4.85. The van der Waals surface area contributed by atoms with E-state index in [1.165, 1.54) is 16.7 Å². The average Bonchev–Trinajstić information content (AvgIpc) is 3.20. The van der Waals surface area contributed by atoms with Gasteiger partial charge < -0.3 is 10.2 Å². The molecule has 5 heteroatoms. The van der Waals surface area contributed by atoms with E-state index < -0.39 is 0 Å². The standard InChI is InChI=1S/C19H27N5/c1-4-20-19(21-11-16-7-5-6-15(2)10-16)24-9-8-17(14-24)18-12-22-23(3)13-18/h5-7,10,12-13,17H,4,8-9,11,14H2,1-3H3,(H,20,21). The van der Waals surface area contributed by atoms with E-state index in [0.29, 0.717) is 5.92 Å². The van der Waals surface area contributed by atoms with Crippen LogP contribution < -0.4 is 5.32 Å². The van der Waals surface area contributed by atoms with Crippen LogP contribution in [0.15, 0.2) is 41.7 Å². The SMILES string of the molecule is CCNC(=NCc1cccc(C)c1)N1CCC(c2cnn(C)c2)C1. The third kappa shape index (κ3) is 3.96. The van der Waals surface area contributed by atoms with Crippen LogP contribution in [-0.2, 0) is 13.6 Å². The van der Waals surface area contributed by atoms with Gasteiger partial charge in [0.25, 0.3) is 0 Å². The summed E-state index contributed by atoms with van der Waals surface area (Å²) in [7, 11) is 1.98. The van der Waals surface area contributed by atoms with Crippen LogP contribution in [0.25, 0.3) is 0 Å². The van der Waals surface area contributed by atoms with E-state index in [-0.39, 0.29) is 0 Å². The van der Waals surface area contributed by atoms with Crippen molar-refractivity contribution >= 4 is 5.96 Å². The van der Waals surface area contributed by atoms with Crippen molar-refractivity contribution in [2.75, 3.05) is 19.6 Å². The molecule has 24 heavy (non-hydrogen) atoms. The van der Waals surface area contributed by atoms with Gasteiger partial charge in [-0.1, -0.05) is 29.8 Å². The minimum absolute atomic E-state index is 0.543. The number of rotatable bonds is 4. The number of likely N-dealkylation sites (tertiary alicyclic amines) is 1. The lowest BCUT2D eigenvalue weighted by Crippen LogP contribution is -2.40. The van der Waals surface area contributed by atoms with Crippen LogP contribution in [0, 0.1) is 6.92 Å². The van der Waals surface area contributed by atoms with Gasteiger partial charge >= 0.3 is 0 Å². The van der Waals surface area contributed by atoms with Gasteiger partial charge in [-0.3, -0.25) is 4.68 Å². The number of nitrogens with one attached hydrogen (secondary N) is 1. The molecule has 1 aromatic carbocycles. The lowest BCUT2D eigenvalue weighted by Gasteiger charge is -2.21. The van der Waals surface area contributed by atoms with E-state index in [0.717, 1.165) is 38.6 Å². The maximum Gasteiger partial charge on any atom is 0.194 e. The summed E-state index contributed by atoms with van der Waals surface area (Å²) in [5.41, 5.74) is 3.87. The highest BCUT2D eigenvalue weighted by molar-refractivity contribution is 5.80. The predicted molar refractivity (Wildman–Crippen MR) is 98.1 cm³/mol. The Kier molecular flexibility index (Phi) is 5.18. The largest absolute Gasteiger partial charge is 0.357 e. The van der Waals surface area contributed by atoms with Gasteiger partial charge in [-0.05, 0) is 31.4 Å². The lowest BCUT2D eigenvalue weighted by molar-refractivity contribution is 0.486. The van der Waals surface area contributed by atoms with Crippen molar-refractivity contribution in [3.05, 3.63) is 53.3 Å². The topological polar surface area (TPSA) is 45.5 Å². The van der Waals surface area contributed by atoms with Crippen molar-refractivity contribution < 1.29 is 0 Å². The molecule has 0 bridgehead atoms. The van der Waals surface area contributed by atoms with E-state index in [1.807, 2.05) is 17.9 Å². The first-order valence-corrected chi connectivity index (χ1v) is 8.73. The molecular formula is C19H27N5. The Hall–Kier alpha value is -2.30. The number of benzene rings is 1. The molecule has 2 heterocycles. The van der Waals surface area contributed by atoms with E-state index in [2.05, 4.69) is 59.6 Å². The molecule has 1 aliphatic heterocycles. The Bertz CT molecular complexity index is 703. The summed E-state index contributed by atoms with van der Waals surface area (Å²) in [6.07, 6.45) is 5.27. The molecule has 0 spiro atoms. The highest BCUT2D eigenvalue weighted by atomic mass is 15.3. The number of hydrogen-bond donors (Lipinski definition) is 1. The van der Waals surface area contributed by atoms with Gasteiger partial charge in [-0.25, -0.2) is 4.99 Å². The van der Waals surface area contributed by atoms with Crippen LogP contribution in [0.5, 0.6) is 0 Å². The van der Waals surface area contributed by atoms with E-state index in [4.69, 9.17) is 4.99 Å². The zero-order chi connectivity index (χ0) is 16.9. The van der Waals surface area contributed by atoms with Crippen molar-refractivity contribution in [1.29, 1.82) is 0 Å². The molecule has 1 fully saturated rings. The molecule has 1 saturated heterocycles. The molecule has 0 amide bonds. The fourth-order valence-corrected chi connectivity index (χ4v) is 3.28. The van der Waals surface area contributed by atoms with Crippen LogP contribution in [0.4, 0.5) is 0 Å². The van der Waals surface area contributed by atoms with Crippen molar-refractivity contribution in [3.8, 4) is 0 Å². The Balaban J connectivity index is 1.68.